The number of halogens is 2. The molecule has 5 rings (SSSR count). The Morgan fingerprint density at radius 1 is 0.974 bits per heavy atom. The number of alkyl halides is 2. The summed E-state index contributed by atoms with van der Waals surface area (Å²) in [5.74, 6) is -0.112. The number of amides is 1. The third-order valence-electron chi connectivity index (χ3n) is 5.34. The molecule has 0 spiro atoms. The van der Waals surface area contributed by atoms with Crippen molar-refractivity contribution >= 4 is 32.9 Å². The fraction of sp³-hybridized carbons (Fsp3) is 0.160. The van der Waals surface area contributed by atoms with Gasteiger partial charge >= 0.3 is 6.61 Å². The van der Waals surface area contributed by atoms with Gasteiger partial charge in [-0.15, -0.1) is 0 Å². The van der Waals surface area contributed by atoms with E-state index in [1.807, 2.05) is 19.9 Å². The van der Waals surface area contributed by atoms with Crippen LogP contribution in [0, 0.1) is 13.8 Å². The summed E-state index contributed by atoms with van der Waals surface area (Å²) < 4.78 is 34.5. The number of aromatic nitrogens is 6. The van der Waals surface area contributed by atoms with E-state index in [1.165, 1.54) is 24.7 Å². The Labute approximate surface area is 218 Å². The predicted octanol–water partition coefficient (Wildman–Crippen LogP) is 5.08. The van der Waals surface area contributed by atoms with Gasteiger partial charge < -0.3 is 9.47 Å². The summed E-state index contributed by atoms with van der Waals surface area (Å²) in [4.78, 5) is 39.7. The lowest BCUT2D eigenvalue weighted by Crippen LogP contribution is -2.14. The summed E-state index contributed by atoms with van der Waals surface area (Å²) in [5, 5.41) is 3.08. The number of carbonyl (C=O) groups is 1. The van der Waals surface area contributed by atoms with Crippen LogP contribution in [0.2, 0.25) is 0 Å². The van der Waals surface area contributed by atoms with Crippen molar-refractivity contribution in [3.63, 3.8) is 0 Å². The summed E-state index contributed by atoms with van der Waals surface area (Å²) in [5.41, 5.74) is 4.22. The highest BCUT2D eigenvalue weighted by atomic mass is 32.1. The standard InChI is InChI=1S/C25H19F2N7O3S/c1-12-4-6-18(36-3)20(31-12)15-8-13(2)28-10-16(15)22(35)34-25-33-21-23(38-25)32-17(11-30-21)14-5-7-19(29-9-14)37-24(26)27/h4-11,24H,1-3H3,(H,30,33,34,35). The second-order valence-corrected chi connectivity index (χ2v) is 8.97. The Morgan fingerprint density at radius 3 is 2.55 bits per heavy atom. The second-order valence-electron chi connectivity index (χ2n) is 8.00. The Kier molecular flexibility index (Phi) is 6.83. The molecule has 5 heterocycles. The van der Waals surface area contributed by atoms with Gasteiger partial charge in [-0.2, -0.15) is 13.8 Å². The molecule has 0 radical (unpaired) electrons. The van der Waals surface area contributed by atoms with Gasteiger partial charge in [0.15, 0.2) is 15.6 Å². The van der Waals surface area contributed by atoms with Crippen molar-refractivity contribution in [2.75, 3.05) is 12.4 Å². The molecule has 0 fully saturated rings. The van der Waals surface area contributed by atoms with Crippen molar-refractivity contribution in [2.45, 2.75) is 20.5 Å². The van der Waals surface area contributed by atoms with E-state index < -0.39 is 12.5 Å². The molecule has 0 saturated carbocycles. The molecule has 5 aromatic rings. The van der Waals surface area contributed by atoms with Crippen LogP contribution in [0.1, 0.15) is 21.7 Å². The molecule has 0 aliphatic carbocycles. The van der Waals surface area contributed by atoms with Crippen LogP contribution in [0.15, 0.2) is 48.9 Å². The lowest BCUT2D eigenvalue weighted by molar-refractivity contribution is -0.0528. The van der Waals surface area contributed by atoms with E-state index in [0.717, 1.165) is 17.0 Å². The van der Waals surface area contributed by atoms with Gasteiger partial charge in [0, 0.05) is 41.0 Å². The van der Waals surface area contributed by atoms with Gasteiger partial charge in [-0.1, -0.05) is 11.3 Å². The fourth-order valence-corrected chi connectivity index (χ4v) is 4.40. The van der Waals surface area contributed by atoms with Gasteiger partial charge in [-0.05, 0) is 38.1 Å². The van der Waals surface area contributed by atoms with Gasteiger partial charge in [0.05, 0.1) is 24.6 Å². The highest BCUT2D eigenvalue weighted by Crippen LogP contribution is 2.32. The minimum absolute atomic E-state index is 0.205. The number of pyridine rings is 3. The van der Waals surface area contributed by atoms with Crippen LogP contribution in [0.4, 0.5) is 13.9 Å². The SMILES string of the molecule is COc1ccc(C)nc1-c1cc(C)ncc1C(=O)Nc1nc2ncc(-c3ccc(OC(F)F)nc3)nc2s1. The number of hydrogen-bond acceptors (Lipinski definition) is 10. The van der Waals surface area contributed by atoms with Gasteiger partial charge in [-0.3, -0.25) is 15.1 Å². The number of anilines is 1. The first-order valence-corrected chi connectivity index (χ1v) is 12.0. The average Bonchev–Trinajstić information content (AvgIpc) is 3.30. The van der Waals surface area contributed by atoms with E-state index in [0.29, 0.717) is 50.0 Å². The molecular formula is C25H19F2N7O3S. The van der Waals surface area contributed by atoms with Crippen LogP contribution >= 0.6 is 11.3 Å². The van der Waals surface area contributed by atoms with E-state index in [4.69, 9.17) is 4.74 Å². The number of rotatable bonds is 7. The van der Waals surface area contributed by atoms with Crippen molar-refractivity contribution in [2.24, 2.45) is 0 Å². The zero-order valence-corrected chi connectivity index (χ0v) is 21.1. The maximum Gasteiger partial charge on any atom is 0.388 e. The molecular weight excluding hydrogens is 516 g/mol. The van der Waals surface area contributed by atoms with E-state index in [-0.39, 0.29) is 11.0 Å². The van der Waals surface area contributed by atoms with Crippen molar-refractivity contribution in [1.82, 2.24) is 29.9 Å². The smallest absolute Gasteiger partial charge is 0.388 e. The monoisotopic (exact) mass is 535 g/mol. The normalized spacial score (nSPS) is 11.1. The minimum atomic E-state index is -2.96. The average molecular weight is 536 g/mol. The molecule has 38 heavy (non-hydrogen) atoms. The van der Waals surface area contributed by atoms with Gasteiger partial charge in [-0.25, -0.2) is 19.9 Å². The Hall–Kier alpha value is -4.65. The Balaban J connectivity index is 1.43. The van der Waals surface area contributed by atoms with Gasteiger partial charge in [0.1, 0.15) is 11.4 Å². The number of hydrogen-bond donors (Lipinski definition) is 1. The zero-order valence-electron chi connectivity index (χ0n) is 20.3. The topological polar surface area (TPSA) is 125 Å². The van der Waals surface area contributed by atoms with Crippen LogP contribution < -0.4 is 14.8 Å². The largest absolute Gasteiger partial charge is 0.494 e. The molecule has 0 bridgehead atoms. The summed E-state index contributed by atoms with van der Waals surface area (Å²) in [6.07, 6.45) is 4.33. The van der Waals surface area contributed by atoms with E-state index in [1.54, 1.807) is 25.3 Å². The number of methoxy groups -OCH3 is 1. The van der Waals surface area contributed by atoms with E-state index in [2.05, 4.69) is 40.0 Å². The first-order valence-electron chi connectivity index (χ1n) is 11.2. The number of nitrogens with one attached hydrogen (secondary N) is 1. The summed E-state index contributed by atoms with van der Waals surface area (Å²) in [6, 6.07) is 8.26. The number of nitrogens with zero attached hydrogens (tertiary/aromatic N) is 6. The molecule has 192 valence electrons. The fourth-order valence-electron chi connectivity index (χ4n) is 3.61. The molecule has 0 aliphatic rings. The summed E-state index contributed by atoms with van der Waals surface area (Å²) >= 11 is 1.13. The van der Waals surface area contributed by atoms with Crippen LogP contribution in [-0.4, -0.2) is 49.5 Å². The summed E-state index contributed by atoms with van der Waals surface area (Å²) in [6.45, 7) is 0.718. The zero-order chi connectivity index (χ0) is 26.8. The highest BCUT2D eigenvalue weighted by molar-refractivity contribution is 7.21. The first kappa shape index (κ1) is 25.0. The predicted molar refractivity (Wildman–Crippen MR) is 137 cm³/mol. The first-order chi connectivity index (χ1) is 18.3. The van der Waals surface area contributed by atoms with E-state index >= 15 is 0 Å². The maximum absolute atomic E-state index is 13.3. The van der Waals surface area contributed by atoms with Crippen LogP contribution in [0.5, 0.6) is 11.6 Å². The van der Waals surface area contributed by atoms with Gasteiger partial charge in [0.25, 0.3) is 5.91 Å². The highest BCUT2D eigenvalue weighted by Gasteiger charge is 2.20. The molecule has 0 aromatic carbocycles. The van der Waals surface area contributed by atoms with Crippen molar-refractivity contribution in [3.05, 3.63) is 65.9 Å². The molecule has 13 heteroatoms. The molecule has 0 unspecified atom stereocenters. The van der Waals surface area contributed by atoms with Crippen molar-refractivity contribution in [3.8, 4) is 34.1 Å². The number of thiazole rings is 1. The van der Waals surface area contributed by atoms with E-state index in [9.17, 15) is 13.6 Å². The quantitative estimate of drug-likeness (QED) is 0.304. The van der Waals surface area contributed by atoms with Crippen LogP contribution in [0.3, 0.4) is 0 Å². The van der Waals surface area contributed by atoms with Crippen molar-refractivity contribution in [1.29, 1.82) is 0 Å². The molecule has 0 aliphatic heterocycles. The molecule has 1 N–H and O–H groups in total. The maximum atomic E-state index is 13.3. The molecule has 10 nitrogen and oxygen atoms in total. The van der Waals surface area contributed by atoms with Gasteiger partial charge in [0.2, 0.25) is 5.88 Å². The number of carbonyl (C=O) groups excluding carboxylic acids is 1. The number of fused-ring (bicyclic) bond motifs is 1. The molecule has 1 amide bonds. The Bertz CT molecular complexity index is 1640. The lowest BCUT2D eigenvalue weighted by Gasteiger charge is -2.13. The van der Waals surface area contributed by atoms with Crippen LogP contribution in [-0.2, 0) is 0 Å². The third-order valence-corrected chi connectivity index (χ3v) is 6.20. The molecule has 0 atom stereocenters. The van der Waals surface area contributed by atoms with Crippen LogP contribution in [0.25, 0.3) is 33.0 Å². The number of aryl methyl sites for hydroxylation is 2. The minimum Gasteiger partial charge on any atom is -0.494 e. The number of ether oxygens (including phenoxy) is 2. The molecule has 0 saturated heterocycles. The second kappa shape index (κ2) is 10.4. The lowest BCUT2D eigenvalue weighted by atomic mass is 10.0. The van der Waals surface area contributed by atoms with Crippen molar-refractivity contribution < 1.29 is 23.0 Å². The third kappa shape index (κ3) is 5.22. The summed E-state index contributed by atoms with van der Waals surface area (Å²) in [7, 11) is 1.54. The Morgan fingerprint density at radius 2 is 1.82 bits per heavy atom. The molecule has 5 aromatic heterocycles.